The molecule has 1 aromatic heterocycles. The van der Waals surface area contributed by atoms with Gasteiger partial charge in [0, 0.05) is 36.0 Å². The van der Waals surface area contributed by atoms with E-state index in [1.165, 1.54) is 6.92 Å². The molecule has 2 amide bonds. The van der Waals surface area contributed by atoms with E-state index in [1.807, 2.05) is 67.6 Å². The smallest absolute Gasteiger partial charge is 0.305 e. The zero-order valence-electron chi connectivity index (χ0n) is 34.1. The maximum absolute atomic E-state index is 13.4. The molecule has 0 saturated heterocycles. The third-order valence-electron chi connectivity index (χ3n) is 9.09. The van der Waals surface area contributed by atoms with E-state index in [0.29, 0.717) is 96.1 Å². The van der Waals surface area contributed by atoms with Gasteiger partial charge in [0.15, 0.2) is 0 Å². The third kappa shape index (κ3) is 16.4. The van der Waals surface area contributed by atoms with E-state index in [1.54, 1.807) is 18.3 Å². The summed E-state index contributed by atoms with van der Waals surface area (Å²) in [6.45, 7) is 7.71. The van der Waals surface area contributed by atoms with Crippen molar-refractivity contribution in [2.75, 3.05) is 77.9 Å². The molecule has 0 fully saturated rings. The van der Waals surface area contributed by atoms with Crippen LogP contribution in [0.15, 0.2) is 84.1 Å². The summed E-state index contributed by atoms with van der Waals surface area (Å²) in [5.74, 6) is -0.850. The van der Waals surface area contributed by atoms with Gasteiger partial charge in [0.25, 0.3) is 0 Å². The van der Waals surface area contributed by atoms with Crippen LogP contribution >= 0.6 is 0 Å². The molecule has 5 N–H and O–H groups in total. The maximum atomic E-state index is 13.4. The number of aliphatic hydroxyl groups excluding tert-OH is 1. The highest BCUT2D eigenvalue weighted by Crippen LogP contribution is 2.35. The van der Waals surface area contributed by atoms with Crippen molar-refractivity contribution in [2.45, 2.75) is 51.3 Å². The monoisotopic (exact) mass is 829 g/mol. The first-order chi connectivity index (χ1) is 29.2. The van der Waals surface area contributed by atoms with Gasteiger partial charge in [-0.3, -0.25) is 14.4 Å². The van der Waals surface area contributed by atoms with Crippen LogP contribution < -0.4 is 20.7 Å². The van der Waals surface area contributed by atoms with Gasteiger partial charge in [-0.05, 0) is 71.6 Å². The number of carboxylic acid groups (broad SMARTS) is 1. The molecule has 0 bridgehead atoms. The molecule has 4 rings (SSSR count). The molecule has 0 saturated carbocycles. The number of nitrogens with zero attached hydrogens (tertiary/aromatic N) is 4. The number of amides is 2. The fourth-order valence-electron chi connectivity index (χ4n) is 6.10. The minimum Gasteiger partial charge on any atom is -0.491 e. The fraction of sp³-hybridized carbons (Fsp3) is 0.442. The van der Waals surface area contributed by atoms with Crippen LogP contribution in [-0.4, -0.2) is 118 Å². The molecule has 0 spiro atoms. The average molecular weight is 830 g/mol. The highest BCUT2D eigenvalue weighted by Gasteiger charge is 2.29. The second-order valence-electron chi connectivity index (χ2n) is 13.7. The number of carbonyl (C=O) groups excluding carboxylic acids is 2. The number of anilines is 1. The summed E-state index contributed by atoms with van der Waals surface area (Å²) in [5.41, 5.74) is 11.6. The zero-order chi connectivity index (χ0) is 43.0. The molecular formula is C43H55N7O10. The Morgan fingerprint density at radius 2 is 1.48 bits per heavy atom. The summed E-state index contributed by atoms with van der Waals surface area (Å²) in [6, 6.07) is 20.5. The molecule has 0 aliphatic carbocycles. The lowest BCUT2D eigenvalue weighted by Gasteiger charge is -2.25. The van der Waals surface area contributed by atoms with E-state index in [4.69, 9.17) is 29.2 Å². The van der Waals surface area contributed by atoms with Crippen molar-refractivity contribution >= 4 is 34.4 Å². The molecule has 0 radical (unpaired) electrons. The Kier molecular flexibility index (Phi) is 20.6. The number of benzene rings is 3. The number of azide groups is 1. The number of nitrogens with one attached hydrogen (secondary N) is 3. The number of hydrogen-bond donors (Lipinski definition) is 5. The first-order valence-corrected chi connectivity index (χ1v) is 19.9. The number of pyridine rings is 1. The Labute approximate surface area is 349 Å². The molecule has 3 aromatic carbocycles. The van der Waals surface area contributed by atoms with Crippen molar-refractivity contribution < 1.29 is 48.3 Å². The number of rotatable bonds is 29. The van der Waals surface area contributed by atoms with E-state index in [-0.39, 0.29) is 6.42 Å². The minimum absolute atomic E-state index is 0.0996. The molecule has 60 heavy (non-hydrogen) atoms. The summed E-state index contributed by atoms with van der Waals surface area (Å²) in [6.07, 6.45) is 0.608. The lowest BCUT2D eigenvalue weighted by atomic mass is 9.95. The number of aliphatic hydroxyl groups is 1. The van der Waals surface area contributed by atoms with Crippen molar-refractivity contribution in [2.24, 2.45) is 5.11 Å². The Hall–Kier alpha value is -5.81. The maximum Gasteiger partial charge on any atom is 0.305 e. The number of carboxylic acids is 1. The highest BCUT2D eigenvalue weighted by atomic mass is 16.6. The van der Waals surface area contributed by atoms with Crippen LogP contribution in [0.3, 0.4) is 0 Å². The van der Waals surface area contributed by atoms with Gasteiger partial charge in [0.1, 0.15) is 24.2 Å². The van der Waals surface area contributed by atoms with Crippen LogP contribution in [0.2, 0.25) is 0 Å². The van der Waals surface area contributed by atoms with Crippen LogP contribution in [0.1, 0.15) is 43.4 Å². The van der Waals surface area contributed by atoms with Gasteiger partial charge in [-0.1, -0.05) is 59.7 Å². The van der Waals surface area contributed by atoms with Crippen molar-refractivity contribution in [1.29, 1.82) is 0 Å². The number of ether oxygens (including phenoxy) is 5. The standard InChI is InChI=1S/C43H55N7O10/c1-30-15-17-46-39(28-30)45-16-5-8-40(52)49-42(31(2)51)43(55)48-37(29-41(53)54)33-11-9-32(10-12-33)34-13-14-38(36-7-4-3-6-35(34)36)60-27-26-59-25-24-58-23-22-57-21-20-56-19-18-47-50-44/h3-4,6-7,9-15,17,28,31,37,42,51H,5,8,16,18-27,29H2,1-2H3,(H,45,46)(H,48,55)(H,49,52)(H,53,54)/t31-,37+,42+/m1/s1. The minimum atomic E-state index is -1.29. The largest absolute Gasteiger partial charge is 0.491 e. The van der Waals surface area contributed by atoms with Gasteiger partial charge < -0.3 is 49.8 Å². The van der Waals surface area contributed by atoms with Gasteiger partial charge >= 0.3 is 5.97 Å². The summed E-state index contributed by atoms with van der Waals surface area (Å²) < 4.78 is 28.0. The van der Waals surface area contributed by atoms with E-state index < -0.39 is 42.4 Å². The van der Waals surface area contributed by atoms with Crippen molar-refractivity contribution in [3.8, 4) is 16.9 Å². The Morgan fingerprint density at radius 3 is 2.12 bits per heavy atom. The number of carbonyl (C=O) groups is 3. The van der Waals surface area contributed by atoms with E-state index in [9.17, 15) is 24.6 Å². The number of aliphatic carboxylic acids is 1. The van der Waals surface area contributed by atoms with Crippen molar-refractivity contribution in [3.05, 3.63) is 101 Å². The summed E-state index contributed by atoms with van der Waals surface area (Å²) >= 11 is 0. The molecule has 0 unspecified atom stereocenters. The van der Waals surface area contributed by atoms with Gasteiger partial charge in [-0.2, -0.15) is 0 Å². The summed E-state index contributed by atoms with van der Waals surface area (Å²) in [7, 11) is 0. The van der Waals surface area contributed by atoms with Gasteiger partial charge in [0.2, 0.25) is 11.8 Å². The first kappa shape index (κ1) is 46.9. The fourth-order valence-corrected chi connectivity index (χ4v) is 6.10. The topological polar surface area (TPSA) is 236 Å². The van der Waals surface area contributed by atoms with Crippen molar-refractivity contribution in [1.82, 2.24) is 15.6 Å². The first-order valence-electron chi connectivity index (χ1n) is 19.9. The Bertz CT molecular complexity index is 1990. The normalized spacial score (nSPS) is 12.5. The van der Waals surface area contributed by atoms with Crippen LogP contribution in [0.5, 0.6) is 5.75 Å². The lowest BCUT2D eigenvalue weighted by molar-refractivity contribution is -0.138. The zero-order valence-corrected chi connectivity index (χ0v) is 34.1. The molecule has 322 valence electrons. The Morgan fingerprint density at radius 1 is 0.833 bits per heavy atom. The molecule has 17 nitrogen and oxygen atoms in total. The number of aryl methyl sites for hydroxylation is 1. The third-order valence-corrected chi connectivity index (χ3v) is 9.09. The van der Waals surface area contributed by atoms with E-state index in [2.05, 4.69) is 31.0 Å². The molecule has 4 aromatic rings. The average Bonchev–Trinajstić information content (AvgIpc) is 3.23. The molecule has 0 aliphatic rings. The molecule has 0 aliphatic heterocycles. The second kappa shape index (κ2) is 26.3. The van der Waals surface area contributed by atoms with Crippen LogP contribution in [0.4, 0.5) is 5.82 Å². The van der Waals surface area contributed by atoms with E-state index >= 15 is 0 Å². The summed E-state index contributed by atoms with van der Waals surface area (Å²) in [4.78, 5) is 44.9. The second-order valence-corrected chi connectivity index (χ2v) is 13.7. The SMILES string of the molecule is Cc1ccnc(NCCCC(=O)N[C@H](C(=O)N[C@@H](CC(=O)O)c2ccc(-c3ccc(OCCOCCOCCOCCOCCN=[N+]=[N-])c4ccccc34)cc2)[C@@H](C)O)c1. The quantitative estimate of drug-likeness (QED) is 0.0202. The van der Waals surface area contributed by atoms with Crippen molar-refractivity contribution in [3.63, 3.8) is 0 Å². The number of hydrogen-bond acceptors (Lipinski definition) is 12. The number of aromatic nitrogens is 1. The number of fused-ring (bicyclic) bond motifs is 1. The van der Waals surface area contributed by atoms with Gasteiger partial charge in [0.05, 0.1) is 71.4 Å². The lowest BCUT2D eigenvalue weighted by Crippen LogP contribution is -2.53. The van der Waals surface area contributed by atoms with Crippen LogP contribution in [0.25, 0.3) is 32.3 Å². The molecule has 1 heterocycles. The predicted molar refractivity (Wildman–Crippen MR) is 226 cm³/mol. The van der Waals surface area contributed by atoms with Gasteiger partial charge in [-0.25, -0.2) is 4.98 Å². The van der Waals surface area contributed by atoms with Crippen LogP contribution in [-0.2, 0) is 33.3 Å². The molecule has 17 heteroatoms. The Balaban J connectivity index is 1.26. The molecule has 3 atom stereocenters. The summed E-state index contributed by atoms with van der Waals surface area (Å²) in [5, 5.41) is 33.9. The highest BCUT2D eigenvalue weighted by molar-refractivity contribution is 6.00. The van der Waals surface area contributed by atoms with Crippen LogP contribution in [0, 0.1) is 6.92 Å². The molecular weight excluding hydrogens is 775 g/mol. The van der Waals surface area contributed by atoms with E-state index in [0.717, 1.165) is 27.5 Å². The predicted octanol–water partition coefficient (Wildman–Crippen LogP) is 5.36. The van der Waals surface area contributed by atoms with Gasteiger partial charge in [-0.15, -0.1) is 0 Å².